The molecule has 6 heteroatoms. The lowest BCUT2D eigenvalue weighted by Crippen LogP contribution is -2.43. The number of hydrogen-bond donors (Lipinski definition) is 2. The molecule has 1 aliphatic rings. The number of benzene rings is 1. The van der Waals surface area contributed by atoms with Gasteiger partial charge >= 0.3 is 0 Å². The van der Waals surface area contributed by atoms with E-state index in [0.717, 1.165) is 45.1 Å². The maximum atomic E-state index is 4.33. The molecule has 5 nitrogen and oxygen atoms in total. The van der Waals surface area contributed by atoms with Gasteiger partial charge in [0.05, 0.1) is 6.54 Å². The molecule has 1 aromatic heterocycles. The molecule has 0 radical (unpaired) electrons. The zero-order valence-electron chi connectivity index (χ0n) is 17.4. The van der Waals surface area contributed by atoms with Gasteiger partial charge in [-0.3, -0.25) is 9.89 Å². The molecule has 1 aliphatic heterocycles. The second-order valence-electron chi connectivity index (χ2n) is 7.40. The Labute approximate surface area is 173 Å². The number of piperazine rings is 1. The quantitative estimate of drug-likeness (QED) is 0.555. The molecule has 0 aliphatic carbocycles. The van der Waals surface area contributed by atoms with Gasteiger partial charge in [-0.15, -0.1) is 11.3 Å². The molecule has 152 valence electrons. The van der Waals surface area contributed by atoms with Crippen molar-refractivity contribution in [3.8, 4) is 0 Å². The monoisotopic (exact) mass is 399 g/mol. The fourth-order valence-electron chi connectivity index (χ4n) is 3.31. The van der Waals surface area contributed by atoms with E-state index >= 15 is 0 Å². The Balaban J connectivity index is 1.42. The van der Waals surface area contributed by atoms with Gasteiger partial charge in [0.2, 0.25) is 0 Å². The fraction of sp³-hybridized carbons (Fsp3) is 0.500. The van der Waals surface area contributed by atoms with E-state index in [1.54, 1.807) is 0 Å². The van der Waals surface area contributed by atoms with Crippen LogP contribution >= 0.6 is 11.3 Å². The van der Waals surface area contributed by atoms with Gasteiger partial charge in [-0.2, -0.15) is 0 Å². The molecule has 0 atom stereocenters. The highest BCUT2D eigenvalue weighted by Crippen LogP contribution is 2.16. The Kier molecular flexibility index (Phi) is 7.89. The van der Waals surface area contributed by atoms with E-state index < -0.39 is 0 Å². The van der Waals surface area contributed by atoms with E-state index in [1.807, 2.05) is 18.4 Å². The van der Waals surface area contributed by atoms with Crippen LogP contribution in [0.2, 0.25) is 0 Å². The van der Waals surface area contributed by atoms with Crippen LogP contribution in [0.4, 0.5) is 0 Å². The van der Waals surface area contributed by atoms with Gasteiger partial charge in [0, 0.05) is 56.1 Å². The smallest absolute Gasteiger partial charge is 0.191 e. The molecule has 28 heavy (non-hydrogen) atoms. The van der Waals surface area contributed by atoms with E-state index in [2.05, 4.69) is 75.8 Å². The van der Waals surface area contributed by atoms with Crippen LogP contribution in [0.1, 0.15) is 27.8 Å². The largest absolute Gasteiger partial charge is 0.352 e. The van der Waals surface area contributed by atoms with Crippen LogP contribution in [-0.4, -0.2) is 56.0 Å². The second kappa shape index (κ2) is 10.6. The van der Waals surface area contributed by atoms with Crippen molar-refractivity contribution in [2.75, 3.05) is 40.3 Å². The molecule has 3 rings (SSSR count). The van der Waals surface area contributed by atoms with E-state index in [1.165, 1.54) is 34.0 Å². The number of aliphatic imine (C=N–C) groups is 1. The van der Waals surface area contributed by atoms with Gasteiger partial charge in [-0.1, -0.05) is 31.2 Å². The van der Waals surface area contributed by atoms with Crippen molar-refractivity contribution in [2.24, 2.45) is 4.99 Å². The van der Waals surface area contributed by atoms with Gasteiger partial charge < -0.3 is 15.5 Å². The van der Waals surface area contributed by atoms with Crippen molar-refractivity contribution < 1.29 is 0 Å². The van der Waals surface area contributed by atoms with Crippen LogP contribution in [0, 0.1) is 0 Å². The minimum atomic E-state index is 0.777. The molecule has 0 spiro atoms. The summed E-state index contributed by atoms with van der Waals surface area (Å²) >= 11 is 1.86. The van der Waals surface area contributed by atoms with Crippen molar-refractivity contribution in [3.63, 3.8) is 0 Å². The predicted molar refractivity (Wildman–Crippen MR) is 120 cm³/mol. The highest BCUT2D eigenvalue weighted by molar-refractivity contribution is 7.11. The minimum Gasteiger partial charge on any atom is -0.352 e. The lowest BCUT2D eigenvalue weighted by Gasteiger charge is -2.32. The zero-order valence-corrected chi connectivity index (χ0v) is 18.2. The highest BCUT2D eigenvalue weighted by Gasteiger charge is 2.13. The number of thiophene rings is 1. The summed E-state index contributed by atoms with van der Waals surface area (Å²) in [6.45, 7) is 9.48. The first-order valence-corrected chi connectivity index (χ1v) is 11.0. The van der Waals surface area contributed by atoms with E-state index in [4.69, 9.17) is 0 Å². The number of nitrogens with zero attached hydrogens (tertiary/aromatic N) is 3. The third-order valence-electron chi connectivity index (χ3n) is 5.20. The van der Waals surface area contributed by atoms with E-state index in [-0.39, 0.29) is 0 Å². The van der Waals surface area contributed by atoms with Gasteiger partial charge in [0.25, 0.3) is 0 Å². The van der Waals surface area contributed by atoms with Crippen molar-refractivity contribution in [1.29, 1.82) is 0 Å². The standard InChI is InChI=1S/C22H33N5S/c1-4-20-9-10-21(28-20)16-25-22(23-2)24-15-18-5-7-19(8-6-18)17-27-13-11-26(3)12-14-27/h5-10H,4,11-17H2,1-3H3,(H2,23,24,25). The highest BCUT2D eigenvalue weighted by atomic mass is 32.1. The number of nitrogens with one attached hydrogen (secondary N) is 2. The van der Waals surface area contributed by atoms with Crippen LogP contribution in [0.3, 0.4) is 0 Å². The Hall–Kier alpha value is -1.89. The first-order chi connectivity index (χ1) is 13.7. The molecule has 0 amide bonds. The zero-order chi connectivity index (χ0) is 19.8. The van der Waals surface area contributed by atoms with Crippen LogP contribution < -0.4 is 10.6 Å². The topological polar surface area (TPSA) is 42.9 Å². The third-order valence-corrected chi connectivity index (χ3v) is 6.43. The maximum absolute atomic E-state index is 4.33. The van der Waals surface area contributed by atoms with Crippen LogP contribution in [0.25, 0.3) is 0 Å². The summed E-state index contributed by atoms with van der Waals surface area (Å²) in [4.78, 5) is 12.0. The molecule has 0 bridgehead atoms. The molecule has 1 aromatic carbocycles. The lowest BCUT2D eigenvalue weighted by molar-refractivity contribution is 0.148. The summed E-state index contributed by atoms with van der Waals surface area (Å²) in [6.07, 6.45) is 1.10. The van der Waals surface area contributed by atoms with Crippen molar-refractivity contribution in [1.82, 2.24) is 20.4 Å². The lowest BCUT2D eigenvalue weighted by atomic mass is 10.1. The molecule has 0 saturated carbocycles. The predicted octanol–water partition coefficient (Wildman–Crippen LogP) is 2.92. The van der Waals surface area contributed by atoms with E-state index in [9.17, 15) is 0 Å². The van der Waals surface area contributed by atoms with Gasteiger partial charge in [0.1, 0.15) is 0 Å². The average Bonchev–Trinajstić information content (AvgIpc) is 3.19. The molecular weight excluding hydrogens is 366 g/mol. The molecule has 1 saturated heterocycles. The molecular formula is C22H33N5S. The average molecular weight is 400 g/mol. The normalized spacial score (nSPS) is 16.3. The van der Waals surface area contributed by atoms with Gasteiger partial charge in [-0.25, -0.2) is 0 Å². The number of rotatable bonds is 7. The van der Waals surface area contributed by atoms with Crippen molar-refractivity contribution in [3.05, 3.63) is 57.3 Å². The summed E-state index contributed by atoms with van der Waals surface area (Å²) in [5, 5.41) is 6.81. The SMILES string of the molecule is CCc1ccc(CNC(=NC)NCc2ccc(CN3CCN(C)CC3)cc2)s1. The van der Waals surface area contributed by atoms with Crippen LogP contribution in [-0.2, 0) is 26.1 Å². The van der Waals surface area contributed by atoms with Crippen LogP contribution in [0.15, 0.2) is 41.4 Å². The molecule has 1 fully saturated rings. The number of likely N-dealkylation sites (N-methyl/N-ethyl adjacent to an activating group) is 1. The maximum Gasteiger partial charge on any atom is 0.191 e. The summed E-state index contributed by atoms with van der Waals surface area (Å²) in [5.74, 6) is 0.841. The summed E-state index contributed by atoms with van der Waals surface area (Å²) in [7, 11) is 4.02. The second-order valence-corrected chi connectivity index (χ2v) is 8.65. The molecule has 0 unspecified atom stereocenters. The number of hydrogen-bond acceptors (Lipinski definition) is 4. The number of aryl methyl sites for hydroxylation is 1. The molecule has 2 heterocycles. The summed E-state index contributed by atoms with van der Waals surface area (Å²) in [6, 6.07) is 13.4. The Morgan fingerprint density at radius 1 is 0.929 bits per heavy atom. The first-order valence-electron chi connectivity index (χ1n) is 10.2. The summed E-state index contributed by atoms with van der Waals surface area (Å²) in [5.41, 5.74) is 2.66. The third kappa shape index (κ3) is 6.33. The van der Waals surface area contributed by atoms with E-state index in [0.29, 0.717) is 0 Å². The Morgan fingerprint density at radius 2 is 1.57 bits per heavy atom. The van der Waals surface area contributed by atoms with Gasteiger partial charge in [-0.05, 0) is 36.7 Å². The Bertz CT molecular complexity index is 745. The van der Waals surface area contributed by atoms with Crippen LogP contribution in [0.5, 0.6) is 0 Å². The molecule has 2 N–H and O–H groups in total. The number of guanidine groups is 1. The Morgan fingerprint density at radius 3 is 2.21 bits per heavy atom. The summed E-state index contributed by atoms with van der Waals surface area (Å²) < 4.78 is 0. The first kappa shape index (κ1) is 20.8. The minimum absolute atomic E-state index is 0.777. The fourth-order valence-corrected chi connectivity index (χ4v) is 4.21. The van der Waals surface area contributed by atoms with Crippen molar-refractivity contribution in [2.45, 2.75) is 33.0 Å². The van der Waals surface area contributed by atoms with Gasteiger partial charge in [0.15, 0.2) is 5.96 Å². The van der Waals surface area contributed by atoms with Crippen molar-refractivity contribution >= 4 is 17.3 Å². The molecule has 2 aromatic rings.